The maximum atomic E-state index is 13.0. The SMILES string of the molecule is O=C(O)CNC(=O)c1ccc(S(=O)(=O)N2CC3C4C=CC(CC4)C3C2)cc1. The Labute approximate surface area is 158 Å². The zero-order valence-electron chi connectivity index (χ0n) is 14.7. The topological polar surface area (TPSA) is 104 Å². The van der Waals surface area contributed by atoms with Crippen molar-refractivity contribution in [2.24, 2.45) is 23.7 Å². The average Bonchev–Trinajstić information content (AvgIpc) is 3.15. The van der Waals surface area contributed by atoms with E-state index in [4.69, 9.17) is 5.11 Å². The van der Waals surface area contributed by atoms with E-state index in [-0.39, 0.29) is 10.5 Å². The van der Waals surface area contributed by atoms with Gasteiger partial charge in [-0.1, -0.05) is 12.2 Å². The van der Waals surface area contributed by atoms with E-state index < -0.39 is 28.4 Å². The van der Waals surface area contributed by atoms with Crippen LogP contribution < -0.4 is 5.32 Å². The number of fused-ring (bicyclic) bond motifs is 1. The monoisotopic (exact) mass is 390 g/mol. The normalized spacial score (nSPS) is 29.5. The Bertz CT molecular complexity index is 871. The summed E-state index contributed by atoms with van der Waals surface area (Å²) in [5.41, 5.74) is 0.229. The van der Waals surface area contributed by atoms with Crippen molar-refractivity contribution in [2.75, 3.05) is 19.6 Å². The minimum absolute atomic E-state index is 0.163. The van der Waals surface area contributed by atoms with E-state index >= 15 is 0 Å². The Morgan fingerprint density at radius 2 is 1.59 bits per heavy atom. The van der Waals surface area contributed by atoms with Crippen LogP contribution in [0.1, 0.15) is 23.2 Å². The summed E-state index contributed by atoms with van der Waals surface area (Å²) in [6, 6.07) is 5.66. The fraction of sp³-hybridized carbons (Fsp3) is 0.474. The molecule has 0 radical (unpaired) electrons. The Balaban J connectivity index is 1.48. The number of aliphatic carboxylic acids is 1. The Morgan fingerprint density at radius 1 is 1.04 bits per heavy atom. The maximum Gasteiger partial charge on any atom is 0.322 e. The first-order valence-electron chi connectivity index (χ1n) is 9.15. The number of allylic oxidation sites excluding steroid dienone is 2. The van der Waals surface area contributed by atoms with Gasteiger partial charge in [0.05, 0.1) is 4.90 Å². The number of carbonyl (C=O) groups excluding carboxylic acids is 1. The zero-order valence-corrected chi connectivity index (χ0v) is 15.6. The minimum Gasteiger partial charge on any atom is -0.480 e. The molecule has 2 fully saturated rings. The van der Waals surface area contributed by atoms with Crippen molar-refractivity contribution in [2.45, 2.75) is 17.7 Å². The maximum absolute atomic E-state index is 13.0. The molecule has 3 aliphatic carbocycles. The van der Waals surface area contributed by atoms with Crippen molar-refractivity contribution in [1.82, 2.24) is 9.62 Å². The molecule has 27 heavy (non-hydrogen) atoms. The molecule has 1 saturated heterocycles. The van der Waals surface area contributed by atoms with E-state index in [2.05, 4.69) is 17.5 Å². The molecule has 0 spiro atoms. The molecule has 5 rings (SSSR count). The molecule has 1 aromatic rings. The van der Waals surface area contributed by atoms with Crippen LogP contribution in [-0.2, 0) is 14.8 Å². The van der Waals surface area contributed by atoms with Gasteiger partial charge in [0.2, 0.25) is 10.0 Å². The highest BCUT2D eigenvalue weighted by Gasteiger charge is 2.48. The fourth-order valence-corrected chi connectivity index (χ4v) is 6.19. The number of carboxylic acids is 1. The second-order valence-corrected chi connectivity index (χ2v) is 9.48. The van der Waals surface area contributed by atoms with Crippen molar-refractivity contribution in [3.8, 4) is 0 Å². The van der Waals surface area contributed by atoms with E-state index in [0.29, 0.717) is 36.8 Å². The summed E-state index contributed by atoms with van der Waals surface area (Å²) in [5, 5.41) is 10.9. The summed E-state index contributed by atoms with van der Waals surface area (Å²) in [7, 11) is -3.60. The number of hydrogen-bond acceptors (Lipinski definition) is 4. The zero-order chi connectivity index (χ0) is 19.2. The number of sulfonamides is 1. The molecule has 1 aliphatic heterocycles. The Morgan fingerprint density at radius 3 is 2.07 bits per heavy atom. The second kappa shape index (κ2) is 6.76. The minimum atomic E-state index is -3.60. The lowest BCUT2D eigenvalue weighted by atomic mass is 9.64. The third kappa shape index (κ3) is 3.27. The summed E-state index contributed by atoms with van der Waals surface area (Å²) < 4.78 is 27.7. The van der Waals surface area contributed by atoms with Crippen LogP contribution >= 0.6 is 0 Å². The molecule has 4 atom stereocenters. The number of carbonyl (C=O) groups is 2. The Kier molecular flexibility index (Phi) is 4.55. The predicted molar refractivity (Wildman–Crippen MR) is 97.5 cm³/mol. The van der Waals surface area contributed by atoms with Crippen LogP contribution in [0.3, 0.4) is 0 Å². The first-order valence-corrected chi connectivity index (χ1v) is 10.6. The summed E-state index contributed by atoms with van der Waals surface area (Å²) in [4.78, 5) is 22.6. The van der Waals surface area contributed by atoms with Crippen LogP contribution in [-0.4, -0.2) is 49.3 Å². The van der Waals surface area contributed by atoms with Gasteiger partial charge in [-0.25, -0.2) is 8.42 Å². The number of carboxylic acid groups (broad SMARTS) is 1. The van der Waals surface area contributed by atoms with Crippen molar-refractivity contribution >= 4 is 21.9 Å². The quantitative estimate of drug-likeness (QED) is 0.739. The lowest BCUT2D eigenvalue weighted by Gasteiger charge is -2.40. The molecular formula is C19H22N2O5S. The van der Waals surface area contributed by atoms with Crippen LogP contribution in [0, 0.1) is 23.7 Å². The summed E-state index contributed by atoms with van der Waals surface area (Å²) in [6.45, 7) is 0.629. The Hall–Kier alpha value is -2.19. The molecule has 2 N–H and O–H groups in total. The molecule has 8 heteroatoms. The van der Waals surface area contributed by atoms with E-state index in [1.807, 2.05) is 0 Å². The molecule has 4 aliphatic rings. The fourth-order valence-electron chi connectivity index (χ4n) is 4.68. The molecule has 144 valence electrons. The van der Waals surface area contributed by atoms with Crippen LogP contribution in [0.5, 0.6) is 0 Å². The van der Waals surface area contributed by atoms with Gasteiger partial charge < -0.3 is 10.4 Å². The highest BCUT2D eigenvalue weighted by atomic mass is 32.2. The summed E-state index contributed by atoms with van der Waals surface area (Å²) >= 11 is 0. The lowest BCUT2D eigenvalue weighted by molar-refractivity contribution is -0.135. The van der Waals surface area contributed by atoms with E-state index in [1.54, 1.807) is 4.31 Å². The molecule has 7 nitrogen and oxygen atoms in total. The first-order chi connectivity index (χ1) is 12.9. The van der Waals surface area contributed by atoms with Crippen LogP contribution in [0.15, 0.2) is 41.3 Å². The number of amides is 1. The third-order valence-electron chi connectivity index (χ3n) is 6.07. The van der Waals surface area contributed by atoms with Crippen molar-refractivity contribution in [3.63, 3.8) is 0 Å². The van der Waals surface area contributed by atoms with Crippen LogP contribution in [0.25, 0.3) is 0 Å². The molecule has 2 bridgehead atoms. The van der Waals surface area contributed by atoms with Crippen LogP contribution in [0.2, 0.25) is 0 Å². The van der Waals surface area contributed by atoms with E-state index in [0.717, 1.165) is 12.8 Å². The van der Waals surface area contributed by atoms with Gasteiger partial charge in [-0.15, -0.1) is 0 Å². The standard InChI is InChI=1S/C19H22N2O5S/c22-18(23)9-20-19(24)14-5-7-15(8-6-14)27(25,26)21-10-16-12-1-2-13(4-3-12)17(16)11-21/h1-2,5-8,12-13,16-17H,3-4,9-11H2,(H,20,24)(H,22,23). The van der Waals surface area contributed by atoms with Gasteiger partial charge in [0, 0.05) is 18.7 Å². The molecule has 1 saturated carbocycles. The predicted octanol–water partition coefficient (Wildman–Crippen LogP) is 1.33. The number of rotatable bonds is 5. The number of benzene rings is 1. The average molecular weight is 390 g/mol. The number of nitrogens with one attached hydrogen (secondary N) is 1. The highest BCUT2D eigenvalue weighted by molar-refractivity contribution is 7.89. The van der Waals surface area contributed by atoms with Gasteiger partial charge in [-0.05, 0) is 60.8 Å². The van der Waals surface area contributed by atoms with Gasteiger partial charge in [0.15, 0.2) is 0 Å². The smallest absolute Gasteiger partial charge is 0.322 e. The van der Waals surface area contributed by atoms with Gasteiger partial charge in [0.25, 0.3) is 5.91 Å². The van der Waals surface area contributed by atoms with Crippen molar-refractivity contribution < 1.29 is 23.1 Å². The summed E-state index contributed by atoms with van der Waals surface area (Å²) in [6.07, 6.45) is 6.82. The molecule has 4 unspecified atom stereocenters. The first kappa shape index (κ1) is 18.2. The molecule has 1 heterocycles. The lowest BCUT2D eigenvalue weighted by Crippen LogP contribution is -2.35. The third-order valence-corrected chi connectivity index (χ3v) is 7.92. The van der Waals surface area contributed by atoms with Gasteiger partial charge in [-0.2, -0.15) is 4.31 Å². The summed E-state index contributed by atoms with van der Waals surface area (Å²) in [5.74, 6) is 0.105. The number of hydrogen-bond donors (Lipinski definition) is 2. The second-order valence-electron chi connectivity index (χ2n) is 7.54. The molecule has 1 amide bonds. The van der Waals surface area contributed by atoms with Gasteiger partial charge in [-0.3, -0.25) is 9.59 Å². The van der Waals surface area contributed by atoms with Gasteiger partial charge in [0.1, 0.15) is 6.54 Å². The molecular weight excluding hydrogens is 368 g/mol. The molecule has 1 aromatic carbocycles. The number of nitrogens with zero attached hydrogens (tertiary/aromatic N) is 1. The van der Waals surface area contributed by atoms with Crippen LogP contribution in [0.4, 0.5) is 0 Å². The van der Waals surface area contributed by atoms with Crippen molar-refractivity contribution in [1.29, 1.82) is 0 Å². The largest absolute Gasteiger partial charge is 0.480 e. The van der Waals surface area contributed by atoms with E-state index in [9.17, 15) is 18.0 Å². The highest BCUT2D eigenvalue weighted by Crippen LogP contribution is 2.49. The molecule has 0 aromatic heterocycles. The van der Waals surface area contributed by atoms with Gasteiger partial charge >= 0.3 is 5.97 Å². The van der Waals surface area contributed by atoms with E-state index in [1.165, 1.54) is 24.3 Å². The van der Waals surface area contributed by atoms with Crippen molar-refractivity contribution in [3.05, 3.63) is 42.0 Å².